The largest absolute Gasteiger partial charge is 0.360 e. The highest BCUT2D eigenvalue weighted by atomic mass is 32.1. The quantitative estimate of drug-likeness (QED) is 0.699. The number of hydrogen-bond donors (Lipinski definition) is 1. The summed E-state index contributed by atoms with van der Waals surface area (Å²) in [7, 11) is 0. The van der Waals surface area contributed by atoms with Crippen LogP contribution in [0.1, 0.15) is 33.6 Å². The molecule has 1 saturated heterocycles. The van der Waals surface area contributed by atoms with Crippen LogP contribution in [0.3, 0.4) is 0 Å². The van der Waals surface area contributed by atoms with E-state index >= 15 is 0 Å². The van der Waals surface area contributed by atoms with Crippen LogP contribution in [0.4, 0.5) is 0 Å². The van der Waals surface area contributed by atoms with Crippen molar-refractivity contribution in [3.8, 4) is 0 Å². The number of nitrogens with one attached hydrogen (secondary N) is 1. The molecule has 2 nitrogen and oxygen atoms in total. The van der Waals surface area contributed by atoms with E-state index in [0.717, 1.165) is 18.2 Å². The van der Waals surface area contributed by atoms with E-state index in [1.807, 2.05) is 0 Å². The lowest BCUT2D eigenvalue weighted by atomic mass is 10.0. The summed E-state index contributed by atoms with van der Waals surface area (Å²) < 4.78 is 0. The zero-order valence-electron chi connectivity index (χ0n) is 8.84. The van der Waals surface area contributed by atoms with Crippen LogP contribution in [0.2, 0.25) is 0 Å². The lowest BCUT2D eigenvalue weighted by Crippen LogP contribution is -2.37. The molecular weight excluding hydrogens is 180 g/mol. The van der Waals surface area contributed by atoms with E-state index in [9.17, 15) is 0 Å². The molecule has 0 saturated carbocycles. The van der Waals surface area contributed by atoms with Crippen molar-refractivity contribution in [3.05, 3.63) is 0 Å². The van der Waals surface area contributed by atoms with Crippen LogP contribution in [0.5, 0.6) is 0 Å². The molecule has 1 aliphatic heterocycles. The second-order valence-corrected chi connectivity index (χ2v) is 4.43. The molecule has 1 aliphatic rings. The Morgan fingerprint density at radius 2 is 2.31 bits per heavy atom. The smallest absolute Gasteiger partial charge is 0.169 e. The van der Waals surface area contributed by atoms with Gasteiger partial charge in [0, 0.05) is 13.1 Å². The normalized spacial score (nSPS) is 22.6. The fourth-order valence-corrected chi connectivity index (χ4v) is 2.06. The third kappa shape index (κ3) is 2.56. The summed E-state index contributed by atoms with van der Waals surface area (Å²) in [5.41, 5.74) is 0. The van der Waals surface area contributed by atoms with Crippen LogP contribution in [0, 0.1) is 5.92 Å². The Labute approximate surface area is 86.7 Å². The standard InChI is InChI=1S/C10H20N2S/c1-4-5-6-12-9(8(2)3)7-11-10(12)13/h8-9H,4-7H2,1-3H3,(H,11,13). The highest BCUT2D eigenvalue weighted by molar-refractivity contribution is 7.80. The second kappa shape index (κ2) is 4.80. The summed E-state index contributed by atoms with van der Waals surface area (Å²) in [6.07, 6.45) is 2.48. The third-order valence-corrected chi connectivity index (χ3v) is 3.02. The summed E-state index contributed by atoms with van der Waals surface area (Å²) in [4.78, 5) is 2.35. The van der Waals surface area contributed by atoms with Gasteiger partial charge in [-0.25, -0.2) is 0 Å². The van der Waals surface area contributed by atoms with E-state index < -0.39 is 0 Å². The van der Waals surface area contributed by atoms with Gasteiger partial charge in [-0.05, 0) is 24.6 Å². The van der Waals surface area contributed by atoms with E-state index in [2.05, 4.69) is 31.0 Å². The molecule has 0 aliphatic carbocycles. The molecule has 1 fully saturated rings. The van der Waals surface area contributed by atoms with Crippen LogP contribution >= 0.6 is 12.2 Å². The Morgan fingerprint density at radius 3 is 2.85 bits per heavy atom. The number of rotatable bonds is 4. The SMILES string of the molecule is CCCCN1C(=S)NCC1C(C)C. The molecule has 1 N–H and O–H groups in total. The van der Waals surface area contributed by atoms with Crippen LogP contribution in [-0.4, -0.2) is 29.1 Å². The zero-order valence-corrected chi connectivity index (χ0v) is 9.66. The molecule has 1 atom stereocenters. The Hall–Kier alpha value is -0.310. The van der Waals surface area contributed by atoms with Crippen molar-refractivity contribution in [2.45, 2.75) is 39.7 Å². The van der Waals surface area contributed by atoms with Crippen molar-refractivity contribution >= 4 is 17.3 Å². The minimum absolute atomic E-state index is 0.610. The first kappa shape index (κ1) is 10.8. The molecule has 0 aromatic heterocycles. The van der Waals surface area contributed by atoms with Gasteiger partial charge in [-0.1, -0.05) is 27.2 Å². The lowest BCUT2D eigenvalue weighted by Gasteiger charge is -2.27. The first-order valence-corrected chi connectivity index (χ1v) is 5.62. The van der Waals surface area contributed by atoms with Crippen LogP contribution in [0.25, 0.3) is 0 Å². The summed E-state index contributed by atoms with van der Waals surface area (Å²) in [6, 6.07) is 0.610. The Bertz CT molecular complexity index is 180. The van der Waals surface area contributed by atoms with Crippen LogP contribution in [-0.2, 0) is 0 Å². The van der Waals surface area contributed by atoms with Gasteiger partial charge in [0.05, 0.1) is 6.04 Å². The van der Waals surface area contributed by atoms with Crippen molar-refractivity contribution in [2.75, 3.05) is 13.1 Å². The molecule has 0 spiro atoms. The number of nitrogens with zero attached hydrogens (tertiary/aromatic N) is 1. The molecule has 1 rings (SSSR count). The van der Waals surface area contributed by atoms with Gasteiger partial charge in [-0.15, -0.1) is 0 Å². The number of thiocarbonyl (C=S) groups is 1. The maximum Gasteiger partial charge on any atom is 0.169 e. The van der Waals surface area contributed by atoms with E-state index in [4.69, 9.17) is 12.2 Å². The minimum Gasteiger partial charge on any atom is -0.360 e. The molecule has 76 valence electrons. The summed E-state index contributed by atoms with van der Waals surface area (Å²) in [5.74, 6) is 0.685. The van der Waals surface area contributed by atoms with E-state index in [1.165, 1.54) is 12.8 Å². The molecule has 0 aromatic rings. The van der Waals surface area contributed by atoms with Crippen LogP contribution in [0.15, 0.2) is 0 Å². The van der Waals surface area contributed by atoms with Gasteiger partial charge in [-0.2, -0.15) is 0 Å². The summed E-state index contributed by atoms with van der Waals surface area (Å²) in [5, 5.41) is 4.22. The molecule has 13 heavy (non-hydrogen) atoms. The molecule has 0 amide bonds. The predicted octanol–water partition coefficient (Wildman–Crippen LogP) is 2.00. The molecular formula is C10H20N2S. The predicted molar refractivity (Wildman–Crippen MR) is 60.8 cm³/mol. The molecule has 0 bridgehead atoms. The number of hydrogen-bond acceptors (Lipinski definition) is 1. The Balaban J connectivity index is 2.50. The fourth-order valence-electron chi connectivity index (χ4n) is 1.75. The molecule has 0 radical (unpaired) electrons. The van der Waals surface area contributed by atoms with Gasteiger partial charge in [0.2, 0.25) is 0 Å². The van der Waals surface area contributed by atoms with E-state index in [-0.39, 0.29) is 0 Å². The maximum absolute atomic E-state index is 5.26. The molecule has 0 aromatic carbocycles. The van der Waals surface area contributed by atoms with Crippen molar-refractivity contribution in [2.24, 2.45) is 5.92 Å². The second-order valence-electron chi connectivity index (χ2n) is 4.04. The van der Waals surface area contributed by atoms with Crippen molar-refractivity contribution in [3.63, 3.8) is 0 Å². The van der Waals surface area contributed by atoms with Crippen molar-refractivity contribution < 1.29 is 0 Å². The Kier molecular flexibility index (Phi) is 3.97. The zero-order chi connectivity index (χ0) is 9.84. The monoisotopic (exact) mass is 200 g/mol. The Morgan fingerprint density at radius 1 is 1.62 bits per heavy atom. The lowest BCUT2D eigenvalue weighted by molar-refractivity contribution is 0.281. The van der Waals surface area contributed by atoms with E-state index in [0.29, 0.717) is 12.0 Å². The fraction of sp³-hybridized carbons (Fsp3) is 0.900. The van der Waals surface area contributed by atoms with Gasteiger partial charge >= 0.3 is 0 Å². The van der Waals surface area contributed by atoms with Crippen LogP contribution < -0.4 is 5.32 Å². The van der Waals surface area contributed by atoms with Crippen molar-refractivity contribution in [1.29, 1.82) is 0 Å². The third-order valence-electron chi connectivity index (χ3n) is 2.65. The molecule has 3 heteroatoms. The summed E-state index contributed by atoms with van der Waals surface area (Å²) in [6.45, 7) is 8.89. The first-order valence-electron chi connectivity index (χ1n) is 5.21. The average molecular weight is 200 g/mol. The maximum atomic E-state index is 5.26. The van der Waals surface area contributed by atoms with Gasteiger partial charge in [0.15, 0.2) is 5.11 Å². The van der Waals surface area contributed by atoms with Gasteiger partial charge in [0.25, 0.3) is 0 Å². The highest BCUT2D eigenvalue weighted by Gasteiger charge is 2.29. The van der Waals surface area contributed by atoms with Gasteiger partial charge in [0.1, 0.15) is 0 Å². The number of unbranched alkanes of at least 4 members (excludes halogenated alkanes) is 1. The topological polar surface area (TPSA) is 15.3 Å². The molecule has 1 heterocycles. The average Bonchev–Trinajstić information content (AvgIpc) is 2.43. The highest BCUT2D eigenvalue weighted by Crippen LogP contribution is 2.16. The summed E-state index contributed by atoms with van der Waals surface area (Å²) >= 11 is 5.26. The van der Waals surface area contributed by atoms with Crippen molar-refractivity contribution in [1.82, 2.24) is 10.2 Å². The first-order chi connectivity index (χ1) is 6.16. The minimum atomic E-state index is 0.610. The van der Waals surface area contributed by atoms with E-state index in [1.54, 1.807) is 0 Å². The van der Waals surface area contributed by atoms with Gasteiger partial charge in [-0.3, -0.25) is 0 Å². The molecule has 1 unspecified atom stereocenters. The van der Waals surface area contributed by atoms with Gasteiger partial charge < -0.3 is 10.2 Å².